The van der Waals surface area contributed by atoms with Crippen LogP contribution in [0.1, 0.15) is 10.4 Å². The Kier molecular flexibility index (Phi) is 2.41. The van der Waals surface area contributed by atoms with Crippen molar-refractivity contribution in [2.75, 3.05) is 11.4 Å². The van der Waals surface area contributed by atoms with Gasteiger partial charge in [0, 0.05) is 0 Å². The molecule has 1 amide bonds. The molecule has 0 aromatic heterocycles. The topological polar surface area (TPSA) is 37.4 Å². The highest BCUT2D eigenvalue weighted by atomic mass is 35.5. The lowest BCUT2D eigenvalue weighted by atomic mass is 10.1. The van der Waals surface area contributed by atoms with E-state index in [-0.39, 0.29) is 22.8 Å². The smallest absolute Gasteiger partial charge is 0.290 e. The van der Waals surface area contributed by atoms with E-state index in [1.807, 2.05) is 0 Å². The van der Waals surface area contributed by atoms with Gasteiger partial charge in [-0.3, -0.25) is 14.5 Å². The third kappa shape index (κ3) is 1.29. The number of ketones is 1. The molecule has 0 saturated heterocycles. The van der Waals surface area contributed by atoms with E-state index in [1.54, 1.807) is 0 Å². The van der Waals surface area contributed by atoms with E-state index in [4.69, 9.17) is 18.0 Å². The van der Waals surface area contributed by atoms with Gasteiger partial charge in [0.05, 0.1) is 22.8 Å². The number of hydrogen-bond acceptors (Lipinski definition) is 2. The van der Waals surface area contributed by atoms with E-state index < -0.39 is 17.5 Å². The second-order valence-electron chi connectivity index (χ2n) is 3.18. The first-order valence-electron chi connectivity index (χ1n) is 4.35. The number of anilines is 1. The van der Waals surface area contributed by atoms with Crippen LogP contribution in [0.4, 0.5) is 10.1 Å². The normalized spacial score (nSPS) is 13.9. The van der Waals surface area contributed by atoms with Crippen LogP contribution in [-0.4, -0.2) is 18.2 Å². The van der Waals surface area contributed by atoms with E-state index in [9.17, 15) is 14.0 Å². The quantitative estimate of drug-likeness (QED) is 0.550. The van der Waals surface area contributed by atoms with Crippen LogP contribution in [0.15, 0.2) is 12.1 Å². The Morgan fingerprint density at radius 3 is 2.75 bits per heavy atom. The number of fused-ring (bicyclic) bond motifs is 1. The van der Waals surface area contributed by atoms with Crippen LogP contribution in [0.5, 0.6) is 0 Å². The van der Waals surface area contributed by atoms with Crippen LogP contribution in [0, 0.1) is 18.2 Å². The SMILES string of the molecule is C#CCN1C(=O)C(=O)c2c(Cl)ccc(F)c21. The Bertz CT molecular complexity index is 548. The molecule has 0 bridgehead atoms. The molecule has 5 heteroatoms. The van der Waals surface area contributed by atoms with Gasteiger partial charge in [-0.1, -0.05) is 17.5 Å². The third-order valence-corrected chi connectivity index (χ3v) is 2.58. The maximum absolute atomic E-state index is 13.5. The molecule has 3 nitrogen and oxygen atoms in total. The summed E-state index contributed by atoms with van der Waals surface area (Å²) in [5.74, 6) is -0.167. The van der Waals surface area contributed by atoms with Crippen molar-refractivity contribution in [1.29, 1.82) is 0 Å². The molecule has 0 fully saturated rings. The standard InChI is InChI=1S/C11H5ClFNO2/c1-2-5-14-9-7(13)4-3-6(12)8(9)10(15)11(14)16/h1,3-4H,5H2. The molecular formula is C11H5ClFNO2. The number of amides is 1. The first-order valence-corrected chi connectivity index (χ1v) is 4.73. The first kappa shape index (κ1) is 10.7. The summed E-state index contributed by atoms with van der Waals surface area (Å²) in [4.78, 5) is 24.0. The number of carbonyl (C=O) groups excluding carboxylic acids is 2. The summed E-state index contributed by atoms with van der Waals surface area (Å²) < 4.78 is 13.5. The average molecular weight is 238 g/mol. The van der Waals surface area contributed by atoms with Crippen molar-refractivity contribution in [2.45, 2.75) is 0 Å². The molecule has 1 aromatic rings. The first-order chi connectivity index (χ1) is 7.57. The molecule has 2 rings (SSSR count). The summed E-state index contributed by atoms with van der Waals surface area (Å²) >= 11 is 5.75. The average Bonchev–Trinajstić information content (AvgIpc) is 2.50. The molecule has 1 heterocycles. The highest BCUT2D eigenvalue weighted by Gasteiger charge is 2.39. The van der Waals surface area contributed by atoms with Crippen molar-refractivity contribution in [3.63, 3.8) is 0 Å². The van der Waals surface area contributed by atoms with Gasteiger partial charge in [0.1, 0.15) is 5.82 Å². The van der Waals surface area contributed by atoms with Gasteiger partial charge in [-0.15, -0.1) is 6.42 Å². The van der Waals surface area contributed by atoms with Crippen LogP contribution < -0.4 is 4.90 Å². The summed E-state index contributed by atoms with van der Waals surface area (Å²) in [6.45, 7) is -0.158. The molecule has 1 aliphatic heterocycles. The Morgan fingerprint density at radius 1 is 1.44 bits per heavy atom. The van der Waals surface area contributed by atoms with Gasteiger partial charge in [-0.2, -0.15) is 0 Å². The molecule has 0 saturated carbocycles. The molecule has 0 atom stereocenters. The van der Waals surface area contributed by atoms with Crippen molar-refractivity contribution in [3.8, 4) is 12.3 Å². The summed E-state index contributed by atoms with van der Waals surface area (Å²) in [6.07, 6.45) is 5.05. The molecule has 80 valence electrons. The molecule has 0 unspecified atom stereocenters. The van der Waals surface area contributed by atoms with Crippen molar-refractivity contribution in [1.82, 2.24) is 0 Å². The predicted molar refractivity (Wildman–Crippen MR) is 56.9 cm³/mol. The summed E-state index contributed by atoms with van der Waals surface area (Å²) in [7, 11) is 0. The number of hydrogen-bond donors (Lipinski definition) is 0. The summed E-state index contributed by atoms with van der Waals surface area (Å²) in [6, 6.07) is 2.33. The van der Waals surface area contributed by atoms with Crippen LogP contribution in [0.25, 0.3) is 0 Å². The Labute approximate surface area is 95.8 Å². The lowest BCUT2D eigenvalue weighted by Gasteiger charge is -2.13. The number of Topliss-reactive ketones (excluding diaryl/α,β-unsaturated/α-hetero) is 1. The summed E-state index contributed by atoms with van der Waals surface area (Å²) in [5.41, 5.74) is -0.234. The number of nitrogens with zero attached hydrogens (tertiary/aromatic N) is 1. The number of rotatable bonds is 1. The van der Waals surface area contributed by atoms with Crippen LogP contribution in [-0.2, 0) is 4.79 Å². The van der Waals surface area contributed by atoms with Crippen molar-refractivity contribution in [3.05, 3.63) is 28.5 Å². The largest absolute Gasteiger partial charge is 0.300 e. The molecule has 16 heavy (non-hydrogen) atoms. The lowest BCUT2D eigenvalue weighted by molar-refractivity contribution is -0.114. The van der Waals surface area contributed by atoms with Gasteiger partial charge in [0.15, 0.2) is 0 Å². The number of terminal acetylenes is 1. The Balaban J connectivity index is 2.70. The molecule has 0 radical (unpaired) electrons. The molecule has 1 aliphatic rings. The van der Waals surface area contributed by atoms with Crippen molar-refractivity contribution < 1.29 is 14.0 Å². The zero-order valence-electron chi connectivity index (χ0n) is 7.96. The highest BCUT2D eigenvalue weighted by molar-refractivity contribution is 6.55. The van der Waals surface area contributed by atoms with E-state index in [2.05, 4.69) is 5.92 Å². The van der Waals surface area contributed by atoms with Crippen LogP contribution >= 0.6 is 11.6 Å². The van der Waals surface area contributed by atoms with Crippen LogP contribution in [0.2, 0.25) is 5.02 Å². The fourth-order valence-electron chi connectivity index (χ4n) is 1.59. The molecule has 1 aromatic carbocycles. The molecular weight excluding hydrogens is 233 g/mol. The minimum atomic E-state index is -0.847. The summed E-state index contributed by atoms with van der Waals surface area (Å²) in [5, 5.41) is 0.0503. The Hall–Kier alpha value is -1.86. The maximum Gasteiger partial charge on any atom is 0.300 e. The minimum Gasteiger partial charge on any atom is -0.290 e. The van der Waals surface area contributed by atoms with E-state index >= 15 is 0 Å². The van der Waals surface area contributed by atoms with E-state index in [0.717, 1.165) is 11.0 Å². The lowest BCUT2D eigenvalue weighted by Crippen LogP contribution is -2.30. The van der Waals surface area contributed by atoms with Gasteiger partial charge in [0.25, 0.3) is 11.7 Å². The van der Waals surface area contributed by atoms with Gasteiger partial charge < -0.3 is 0 Å². The van der Waals surface area contributed by atoms with Gasteiger partial charge in [0.2, 0.25) is 0 Å². The Morgan fingerprint density at radius 2 is 2.12 bits per heavy atom. The molecule has 0 N–H and O–H groups in total. The fraction of sp³-hybridized carbons (Fsp3) is 0.0909. The van der Waals surface area contributed by atoms with E-state index in [0.29, 0.717) is 0 Å². The number of benzene rings is 1. The number of halogens is 2. The molecule has 0 spiro atoms. The highest BCUT2D eigenvalue weighted by Crippen LogP contribution is 2.36. The van der Waals surface area contributed by atoms with E-state index in [1.165, 1.54) is 6.07 Å². The predicted octanol–water partition coefficient (Wildman–Crippen LogP) is 1.64. The van der Waals surface area contributed by atoms with Gasteiger partial charge >= 0.3 is 0 Å². The zero-order valence-corrected chi connectivity index (χ0v) is 8.71. The molecule has 0 aliphatic carbocycles. The third-order valence-electron chi connectivity index (χ3n) is 2.26. The fourth-order valence-corrected chi connectivity index (χ4v) is 1.83. The minimum absolute atomic E-state index is 0.0503. The second-order valence-corrected chi connectivity index (χ2v) is 3.58. The second kappa shape index (κ2) is 3.62. The zero-order chi connectivity index (χ0) is 11.9. The van der Waals surface area contributed by atoms with Crippen LogP contribution in [0.3, 0.4) is 0 Å². The van der Waals surface area contributed by atoms with Gasteiger partial charge in [-0.25, -0.2) is 4.39 Å². The number of carbonyl (C=O) groups is 2. The van der Waals surface area contributed by atoms with Crippen molar-refractivity contribution in [2.24, 2.45) is 0 Å². The maximum atomic E-state index is 13.5. The van der Waals surface area contributed by atoms with Crippen molar-refractivity contribution >= 4 is 29.0 Å². The monoisotopic (exact) mass is 237 g/mol. The van der Waals surface area contributed by atoms with Gasteiger partial charge in [-0.05, 0) is 12.1 Å².